The molecule has 2 N–H and O–H groups in total. The number of fused-ring (bicyclic) bond motifs is 2. The third-order valence-corrected chi connectivity index (χ3v) is 4.54. The zero-order chi connectivity index (χ0) is 15.1. The Hall–Kier alpha value is -2.10. The van der Waals surface area contributed by atoms with Crippen LogP contribution in [0, 0.1) is 37.5 Å². The van der Waals surface area contributed by atoms with Crippen molar-refractivity contribution in [2.45, 2.75) is 20.3 Å². The predicted molar refractivity (Wildman–Crippen MR) is 79.9 cm³/mol. The van der Waals surface area contributed by atoms with E-state index in [0.717, 1.165) is 23.2 Å². The van der Waals surface area contributed by atoms with Crippen LogP contribution in [0.1, 0.15) is 17.5 Å². The van der Waals surface area contributed by atoms with E-state index in [9.17, 15) is 14.7 Å². The maximum Gasteiger partial charge on any atom is 0.307 e. The van der Waals surface area contributed by atoms with Crippen molar-refractivity contribution in [3.8, 4) is 0 Å². The molecule has 0 spiro atoms. The van der Waals surface area contributed by atoms with Crippen LogP contribution in [0.15, 0.2) is 30.4 Å². The van der Waals surface area contributed by atoms with Gasteiger partial charge in [-0.2, -0.15) is 0 Å². The van der Waals surface area contributed by atoms with Gasteiger partial charge in [-0.25, -0.2) is 0 Å². The minimum absolute atomic E-state index is 0.00231. The van der Waals surface area contributed by atoms with Gasteiger partial charge in [0.1, 0.15) is 0 Å². The quantitative estimate of drug-likeness (QED) is 0.839. The first kappa shape index (κ1) is 13.9. The summed E-state index contributed by atoms with van der Waals surface area (Å²) in [7, 11) is 0. The van der Waals surface area contributed by atoms with Crippen LogP contribution < -0.4 is 5.32 Å². The summed E-state index contributed by atoms with van der Waals surface area (Å²) < 4.78 is 0. The third-order valence-electron chi connectivity index (χ3n) is 4.54. The summed E-state index contributed by atoms with van der Waals surface area (Å²) in [5, 5.41) is 12.3. The van der Waals surface area contributed by atoms with Gasteiger partial charge in [-0.3, -0.25) is 9.59 Å². The van der Waals surface area contributed by atoms with Crippen molar-refractivity contribution in [2.24, 2.45) is 23.7 Å². The van der Waals surface area contributed by atoms with Crippen molar-refractivity contribution in [1.29, 1.82) is 0 Å². The minimum atomic E-state index is -0.868. The van der Waals surface area contributed by atoms with E-state index in [1.165, 1.54) is 0 Å². The second kappa shape index (κ2) is 5.02. The fourth-order valence-electron chi connectivity index (χ4n) is 3.79. The van der Waals surface area contributed by atoms with E-state index in [4.69, 9.17) is 0 Å². The van der Waals surface area contributed by atoms with Crippen LogP contribution in [0.3, 0.4) is 0 Å². The Balaban J connectivity index is 1.82. The summed E-state index contributed by atoms with van der Waals surface area (Å²) in [5.41, 5.74) is 2.90. The number of carboxylic acid groups (broad SMARTS) is 1. The molecule has 4 heteroatoms. The highest BCUT2D eigenvalue weighted by Crippen LogP contribution is 2.48. The van der Waals surface area contributed by atoms with Crippen molar-refractivity contribution >= 4 is 17.6 Å². The standard InChI is InChI=1S/C17H19NO3/c1-9-5-10(2)7-13(6-9)18-16(19)14-11-3-4-12(8-11)15(14)17(20)21/h3-7,11-12,14-15H,8H2,1-2H3,(H,18,19)(H,20,21)/t11-,12-,14+,15-/m0/s1. The number of hydrogen-bond donors (Lipinski definition) is 2. The predicted octanol–water partition coefficient (Wildman–Crippen LogP) is 2.76. The van der Waals surface area contributed by atoms with E-state index in [0.29, 0.717) is 0 Å². The van der Waals surface area contributed by atoms with Crippen LogP contribution in [0.2, 0.25) is 0 Å². The number of carboxylic acids is 1. The highest BCUT2D eigenvalue weighted by molar-refractivity contribution is 5.96. The molecule has 1 fully saturated rings. The Labute approximate surface area is 123 Å². The fraction of sp³-hybridized carbons (Fsp3) is 0.412. The Kier molecular flexibility index (Phi) is 3.32. The minimum Gasteiger partial charge on any atom is -0.481 e. The van der Waals surface area contributed by atoms with Crippen LogP contribution in [-0.4, -0.2) is 17.0 Å². The third kappa shape index (κ3) is 2.46. The Morgan fingerprint density at radius 2 is 1.62 bits per heavy atom. The number of anilines is 1. The van der Waals surface area contributed by atoms with Gasteiger partial charge in [0, 0.05) is 5.69 Å². The van der Waals surface area contributed by atoms with Crippen molar-refractivity contribution < 1.29 is 14.7 Å². The topological polar surface area (TPSA) is 66.4 Å². The molecular weight excluding hydrogens is 266 g/mol. The molecule has 4 atom stereocenters. The number of carbonyl (C=O) groups excluding carboxylic acids is 1. The molecule has 21 heavy (non-hydrogen) atoms. The lowest BCUT2D eigenvalue weighted by Gasteiger charge is -2.24. The number of rotatable bonds is 3. The highest BCUT2D eigenvalue weighted by Gasteiger charge is 2.51. The number of amides is 1. The lowest BCUT2D eigenvalue weighted by Crippen LogP contribution is -2.36. The van der Waals surface area contributed by atoms with Gasteiger partial charge in [-0.05, 0) is 55.4 Å². The van der Waals surface area contributed by atoms with Crippen molar-refractivity contribution in [2.75, 3.05) is 5.32 Å². The number of nitrogens with one attached hydrogen (secondary N) is 1. The molecule has 2 bridgehead atoms. The first-order valence-electron chi connectivity index (χ1n) is 7.26. The van der Waals surface area contributed by atoms with Crippen molar-refractivity contribution in [3.05, 3.63) is 41.5 Å². The zero-order valence-electron chi connectivity index (χ0n) is 12.2. The Morgan fingerprint density at radius 1 is 1.05 bits per heavy atom. The van der Waals surface area contributed by atoms with E-state index >= 15 is 0 Å². The molecular formula is C17H19NO3. The molecule has 1 aromatic carbocycles. The van der Waals surface area contributed by atoms with Crippen LogP contribution in [0.25, 0.3) is 0 Å². The molecule has 0 aromatic heterocycles. The number of benzene rings is 1. The number of allylic oxidation sites excluding steroid dienone is 2. The van der Waals surface area contributed by atoms with E-state index in [2.05, 4.69) is 5.32 Å². The Morgan fingerprint density at radius 3 is 2.19 bits per heavy atom. The molecule has 4 nitrogen and oxygen atoms in total. The molecule has 0 heterocycles. The number of carbonyl (C=O) groups is 2. The lowest BCUT2D eigenvalue weighted by molar-refractivity contribution is -0.146. The first-order valence-corrected chi connectivity index (χ1v) is 7.26. The maximum absolute atomic E-state index is 12.5. The van der Waals surface area contributed by atoms with E-state index in [-0.39, 0.29) is 17.7 Å². The highest BCUT2D eigenvalue weighted by atomic mass is 16.4. The molecule has 1 aromatic rings. The number of aliphatic carboxylic acids is 1. The first-order chi connectivity index (χ1) is 9.95. The molecule has 0 radical (unpaired) electrons. The van der Waals surface area contributed by atoms with Gasteiger partial charge in [-0.1, -0.05) is 18.2 Å². The molecule has 0 aliphatic heterocycles. The normalized spacial score (nSPS) is 29.6. The van der Waals surface area contributed by atoms with Gasteiger partial charge in [0.05, 0.1) is 11.8 Å². The summed E-state index contributed by atoms with van der Waals surface area (Å²) in [6.07, 6.45) is 4.72. The lowest BCUT2D eigenvalue weighted by atomic mass is 9.82. The molecule has 2 aliphatic carbocycles. The van der Waals surface area contributed by atoms with E-state index in [1.807, 2.05) is 44.2 Å². The molecule has 1 amide bonds. The number of hydrogen-bond acceptors (Lipinski definition) is 2. The van der Waals surface area contributed by atoms with Crippen molar-refractivity contribution in [3.63, 3.8) is 0 Å². The fourth-order valence-corrected chi connectivity index (χ4v) is 3.79. The summed E-state index contributed by atoms with van der Waals surface area (Å²) >= 11 is 0. The molecule has 2 aliphatic rings. The second-order valence-electron chi connectivity index (χ2n) is 6.20. The van der Waals surface area contributed by atoms with Gasteiger partial charge >= 0.3 is 5.97 Å². The van der Waals surface area contributed by atoms with Crippen LogP contribution in [-0.2, 0) is 9.59 Å². The Bertz CT molecular complexity index is 615. The van der Waals surface area contributed by atoms with Gasteiger partial charge in [0.2, 0.25) is 5.91 Å². The molecule has 3 rings (SSSR count). The van der Waals surface area contributed by atoms with Crippen LogP contribution in [0.4, 0.5) is 5.69 Å². The second-order valence-corrected chi connectivity index (χ2v) is 6.20. The zero-order valence-corrected chi connectivity index (χ0v) is 12.2. The van der Waals surface area contributed by atoms with Crippen LogP contribution in [0.5, 0.6) is 0 Å². The monoisotopic (exact) mass is 285 g/mol. The van der Waals surface area contributed by atoms with Gasteiger partial charge in [-0.15, -0.1) is 0 Å². The van der Waals surface area contributed by atoms with Gasteiger partial charge in [0.25, 0.3) is 0 Å². The molecule has 1 saturated carbocycles. The van der Waals surface area contributed by atoms with Crippen molar-refractivity contribution in [1.82, 2.24) is 0 Å². The summed E-state index contributed by atoms with van der Waals surface area (Å²) in [5.74, 6) is -2.04. The summed E-state index contributed by atoms with van der Waals surface area (Å²) in [4.78, 5) is 24.0. The smallest absolute Gasteiger partial charge is 0.307 e. The molecule has 0 unspecified atom stereocenters. The maximum atomic E-state index is 12.5. The van der Waals surface area contributed by atoms with Gasteiger partial charge < -0.3 is 10.4 Å². The number of aryl methyl sites for hydroxylation is 2. The summed E-state index contributed by atoms with van der Waals surface area (Å²) in [6.45, 7) is 3.95. The summed E-state index contributed by atoms with van der Waals surface area (Å²) in [6, 6.07) is 5.85. The van der Waals surface area contributed by atoms with Gasteiger partial charge in [0.15, 0.2) is 0 Å². The molecule has 0 saturated heterocycles. The average molecular weight is 285 g/mol. The SMILES string of the molecule is Cc1cc(C)cc(NC(=O)[C@H]2[C@@H](C(=O)O)[C@H]3C=C[C@H]2C3)c1. The largest absolute Gasteiger partial charge is 0.481 e. The molecule has 110 valence electrons. The van der Waals surface area contributed by atoms with E-state index in [1.54, 1.807) is 0 Å². The average Bonchev–Trinajstić information content (AvgIpc) is 2.96. The van der Waals surface area contributed by atoms with E-state index < -0.39 is 17.8 Å². The van der Waals surface area contributed by atoms with Crippen LogP contribution >= 0.6 is 0 Å².